The van der Waals surface area contributed by atoms with Crippen LogP contribution in [0.2, 0.25) is 0 Å². The SMILES string of the molecule is CC(C)(N)c1ccc(C(=O)Cc2ccccc2)cc1. The maximum Gasteiger partial charge on any atom is 0.167 e. The minimum absolute atomic E-state index is 0.132. The van der Waals surface area contributed by atoms with Gasteiger partial charge in [0.2, 0.25) is 0 Å². The third-order valence-electron chi connectivity index (χ3n) is 3.16. The Morgan fingerprint density at radius 1 is 1.00 bits per heavy atom. The molecule has 2 aromatic carbocycles. The average Bonchev–Trinajstić information content (AvgIpc) is 2.39. The number of hydrogen-bond donors (Lipinski definition) is 1. The van der Waals surface area contributed by atoms with Gasteiger partial charge in [0, 0.05) is 17.5 Å². The molecule has 0 aliphatic carbocycles. The molecule has 0 radical (unpaired) electrons. The van der Waals surface area contributed by atoms with Crippen molar-refractivity contribution in [3.8, 4) is 0 Å². The lowest BCUT2D eigenvalue weighted by molar-refractivity contribution is 0.0993. The van der Waals surface area contributed by atoms with Crippen LogP contribution in [0.15, 0.2) is 54.6 Å². The first-order chi connectivity index (χ1) is 8.97. The zero-order valence-electron chi connectivity index (χ0n) is 11.4. The van der Waals surface area contributed by atoms with Gasteiger partial charge in [-0.05, 0) is 25.0 Å². The van der Waals surface area contributed by atoms with Gasteiger partial charge in [0.15, 0.2) is 5.78 Å². The molecule has 0 aliphatic rings. The van der Waals surface area contributed by atoms with Crippen LogP contribution >= 0.6 is 0 Å². The summed E-state index contributed by atoms with van der Waals surface area (Å²) in [5, 5.41) is 0. The van der Waals surface area contributed by atoms with E-state index >= 15 is 0 Å². The van der Waals surface area contributed by atoms with Crippen molar-refractivity contribution in [2.45, 2.75) is 25.8 Å². The van der Waals surface area contributed by atoms with Crippen LogP contribution < -0.4 is 5.73 Å². The summed E-state index contributed by atoms with van der Waals surface area (Å²) in [5.41, 5.74) is 8.45. The van der Waals surface area contributed by atoms with E-state index in [1.165, 1.54) is 0 Å². The van der Waals surface area contributed by atoms with E-state index in [4.69, 9.17) is 5.73 Å². The van der Waals surface area contributed by atoms with Gasteiger partial charge in [-0.1, -0.05) is 54.6 Å². The molecular weight excluding hydrogens is 234 g/mol. The summed E-state index contributed by atoms with van der Waals surface area (Å²) in [5.74, 6) is 0.132. The molecule has 0 atom stereocenters. The highest BCUT2D eigenvalue weighted by molar-refractivity contribution is 5.97. The molecule has 2 aromatic rings. The summed E-state index contributed by atoms with van der Waals surface area (Å²) in [6.45, 7) is 3.90. The molecular formula is C17H19NO. The highest BCUT2D eigenvalue weighted by Gasteiger charge is 2.14. The van der Waals surface area contributed by atoms with E-state index in [0.29, 0.717) is 6.42 Å². The Balaban J connectivity index is 2.12. The lowest BCUT2D eigenvalue weighted by Gasteiger charge is -2.19. The van der Waals surface area contributed by atoms with E-state index < -0.39 is 0 Å². The zero-order chi connectivity index (χ0) is 13.9. The van der Waals surface area contributed by atoms with Gasteiger partial charge in [-0.25, -0.2) is 0 Å². The van der Waals surface area contributed by atoms with Crippen LogP contribution in [0.3, 0.4) is 0 Å². The molecule has 2 heteroatoms. The van der Waals surface area contributed by atoms with Crippen molar-refractivity contribution in [2.24, 2.45) is 5.73 Å². The van der Waals surface area contributed by atoms with E-state index in [2.05, 4.69) is 0 Å². The van der Waals surface area contributed by atoms with E-state index in [0.717, 1.165) is 16.7 Å². The fourth-order valence-electron chi connectivity index (χ4n) is 1.97. The minimum Gasteiger partial charge on any atom is -0.322 e. The van der Waals surface area contributed by atoms with Gasteiger partial charge in [0.1, 0.15) is 0 Å². The molecule has 0 fully saturated rings. The Hall–Kier alpha value is -1.93. The Morgan fingerprint density at radius 2 is 1.58 bits per heavy atom. The Bertz CT molecular complexity index is 550. The largest absolute Gasteiger partial charge is 0.322 e. The van der Waals surface area contributed by atoms with Gasteiger partial charge in [-0.2, -0.15) is 0 Å². The predicted molar refractivity (Wildman–Crippen MR) is 78.1 cm³/mol. The van der Waals surface area contributed by atoms with Crippen molar-refractivity contribution in [2.75, 3.05) is 0 Å². The molecule has 0 heterocycles. The first-order valence-electron chi connectivity index (χ1n) is 6.43. The summed E-state index contributed by atoms with van der Waals surface area (Å²) in [6, 6.07) is 17.4. The number of carbonyl (C=O) groups excluding carboxylic acids is 1. The molecule has 2 rings (SSSR count). The van der Waals surface area contributed by atoms with Crippen molar-refractivity contribution in [3.63, 3.8) is 0 Å². The van der Waals surface area contributed by atoms with Crippen LogP contribution in [0.5, 0.6) is 0 Å². The van der Waals surface area contributed by atoms with E-state index in [9.17, 15) is 4.79 Å². The van der Waals surface area contributed by atoms with Crippen LogP contribution in [0.1, 0.15) is 35.3 Å². The zero-order valence-corrected chi connectivity index (χ0v) is 11.4. The van der Waals surface area contributed by atoms with Crippen LogP contribution in [-0.2, 0) is 12.0 Å². The van der Waals surface area contributed by atoms with Gasteiger partial charge < -0.3 is 5.73 Å². The summed E-state index contributed by atoms with van der Waals surface area (Å²) < 4.78 is 0. The number of rotatable bonds is 4. The molecule has 0 amide bonds. The highest BCUT2D eigenvalue weighted by Crippen LogP contribution is 2.18. The summed E-state index contributed by atoms with van der Waals surface area (Å²) in [7, 11) is 0. The molecule has 0 aromatic heterocycles. The minimum atomic E-state index is -0.374. The lowest BCUT2D eigenvalue weighted by atomic mass is 9.93. The Labute approximate surface area is 114 Å². The van der Waals surface area contributed by atoms with Gasteiger partial charge >= 0.3 is 0 Å². The first kappa shape index (κ1) is 13.5. The second-order valence-corrected chi connectivity index (χ2v) is 5.38. The van der Waals surface area contributed by atoms with Gasteiger partial charge in [0.05, 0.1) is 0 Å². The maximum absolute atomic E-state index is 12.1. The molecule has 0 unspecified atom stereocenters. The molecule has 19 heavy (non-hydrogen) atoms. The number of nitrogens with two attached hydrogens (primary N) is 1. The molecule has 98 valence electrons. The molecule has 2 N–H and O–H groups in total. The monoisotopic (exact) mass is 253 g/mol. The Morgan fingerprint density at radius 3 is 2.11 bits per heavy atom. The van der Waals surface area contributed by atoms with Crippen molar-refractivity contribution in [1.29, 1.82) is 0 Å². The molecule has 0 aliphatic heterocycles. The van der Waals surface area contributed by atoms with Crippen LogP contribution in [0.25, 0.3) is 0 Å². The van der Waals surface area contributed by atoms with Crippen LogP contribution in [-0.4, -0.2) is 5.78 Å². The third-order valence-corrected chi connectivity index (χ3v) is 3.16. The quantitative estimate of drug-likeness (QED) is 0.849. The number of ketones is 1. The number of hydrogen-bond acceptors (Lipinski definition) is 2. The summed E-state index contributed by atoms with van der Waals surface area (Å²) in [6.07, 6.45) is 0.437. The van der Waals surface area contributed by atoms with Crippen molar-refractivity contribution < 1.29 is 4.79 Å². The molecule has 2 nitrogen and oxygen atoms in total. The standard InChI is InChI=1S/C17H19NO/c1-17(2,18)15-10-8-14(9-11-15)16(19)12-13-6-4-3-5-7-13/h3-11H,12,18H2,1-2H3. The van der Waals surface area contributed by atoms with E-state index in [-0.39, 0.29) is 11.3 Å². The fraction of sp³-hybridized carbons (Fsp3) is 0.235. The van der Waals surface area contributed by atoms with E-state index in [1.807, 2.05) is 68.4 Å². The summed E-state index contributed by atoms with van der Waals surface area (Å²) >= 11 is 0. The van der Waals surface area contributed by atoms with Crippen molar-refractivity contribution >= 4 is 5.78 Å². The van der Waals surface area contributed by atoms with Crippen LogP contribution in [0.4, 0.5) is 0 Å². The van der Waals surface area contributed by atoms with E-state index in [1.54, 1.807) is 0 Å². The second kappa shape index (κ2) is 5.37. The number of carbonyl (C=O) groups is 1. The number of benzene rings is 2. The van der Waals surface area contributed by atoms with Gasteiger partial charge in [-0.3, -0.25) is 4.79 Å². The first-order valence-corrected chi connectivity index (χ1v) is 6.43. The second-order valence-electron chi connectivity index (χ2n) is 5.38. The van der Waals surface area contributed by atoms with Gasteiger partial charge in [0.25, 0.3) is 0 Å². The van der Waals surface area contributed by atoms with Gasteiger partial charge in [-0.15, -0.1) is 0 Å². The maximum atomic E-state index is 12.1. The highest BCUT2D eigenvalue weighted by atomic mass is 16.1. The third kappa shape index (κ3) is 3.52. The molecule has 0 saturated heterocycles. The predicted octanol–water partition coefficient (Wildman–Crippen LogP) is 3.31. The van der Waals surface area contributed by atoms with Crippen LogP contribution in [0, 0.1) is 0 Å². The smallest absolute Gasteiger partial charge is 0.167 e. The Kier molecular flexibility index (Phi) is 3.82. The van der Waals surface area contributed by atoms with Crippen molar-refractivity contribution in [3.05, 3.63) is 71.3 Å². The topological polar surface area (TPSA) is 43.1 Å². The molecule has 0 spiro atoms. The fourth-order valence-corrected chi connectivity index (χ4v) is 1.97. The normalized spacial score (nSPS) is 11.3. The average molecular weight is 253 g/mol. The lowest BCUT2D eigenvalue weighted by Crippen LogP contribution is -2.28. The molecule has 0 bridgehead atoms. The van der Waals surface area contributed by atoms with Crippen molar-refractivity contribution in [1.82, 2.24) is 0 Å². The summed E-state index contributed by atoms with van der Waals surface area (Å²) in [4.78, 5) is 12.1. The number of Topliss-reactive ketones (excluding diaryl/α,β-unsaturated/α-hetero) is 1. The molecule has 0 saturated carbocycles.